The first-order valence-electron chi connectivity index (χ1n) is 7.86. The van der Waals surface area contributed by atoms with Crippen molar-refractivity contribution < 1.29 is 0 Å². The normalized spacial score (nSPS) is 15.2. The van der Waals surface area contributed by atoms with Gasteiger partial charge in [0, 0.05) is 13.1 Å². The standard InChI is InChI=1S/C16H35N/c1-6-9-11-15(4)13-17(8-3)14-16(5)12-10-7-2/h15-16H,6-14H2,1-5H3. The number of nitrogens with zero attached hydrogens (tertiary/aromatic N) is 1. The Morgan fingerprint density at radius 3 is 1.47 bits per heavy atom. The molecule has 0 heterocycles. The van der Waals surface area contributed by atoms with Crippen molar-refractivity contribution >= 4 is 0 Å². The summed E-state index contributed by atoms with van der Waals surface area (Å²) in [5, 5.41) is 0. The summed E-state index contributed by atoms with van der Waals surface area (Å²) in [6.07, 6.45) is 8.26. The summed E-state index contributed by atoms with van der Waals surface area (Å²) in [7, 11) is 0. The molecular weight excluding hydrogens is 206 g/mol. The molecule has 2 unspecified atom stereocenters. The molecule has 0 radical (unpaired) electrons. The number of rotatable bonds is 11. The summed E-state index contributed by atoms with van der Waals surface area (Å²) < 4.78 is 0. The maximum Gasteiger partial charge on any atom is 0.000702 e. The Kier molecular flexibility index (Phi) is 11.0. The molecule has 17 heavy (non-hydrogen) atoms. The van der Waals surface area contributed by atoms with E-state index in [-0.39, 0.29) is 0 Å². The first kappa shape index (κ1) is 17.0. The van der Waals surface area contributed by atoms with Crippen LogP contribution in [-0.4, -0.2) is 24.5 Å². The van der Waals surface area contributed by atoms with Gasteiger partial charge in [-0.3, -0.25) is 0 Å². The molecule has 0 amide bonds. The van der Waals surface area contributed by atoms with Gasteiger partial charge in [0.1, 0.15) is 0 Å². The van der Waals surface area contributed by atoms with Gasteiger partial charge in [-0.15, -0.1) is 0 Å². The smallest absolute Gasteiger partial charge is 0.000702 e. The first-order valence-corrected chi connectivity index (χ1v) is 7.86. The Morgan fingerprint density at radius 2 is 1.18 bits per heavy atom. The summed E-state index contributed by atoms with van der Waals surface area (Å²) in [6, 6.07) is 0. The maximum absolute atomic E-state index is 2.65. The lowest BCUT2D eigenvalue weighted by molar-refractivity contribution is 0.207. The SMILES string of the molecule is CCCCC(C)CN(CC)CC(C)CCCC. The van der Waals surface area contributed by atoms with Crippen molar-refractivity contribution in [3.05, 3.63) is 0 Å². The second-order valence-electron chi connectivity index (χ2n) is 5.85. The highest BCUT2D eigenvalue weighted by Crippen LogP contribution is 2.13. The van der Waals surface area contributed by atoms with Gasteiger partial charge in [0.05, 0.1) is 0 Å². The molecule has 1 heteroatoms. The fraction of sp³-hybridized carbons (Fsp3) is 1.00. The first-order chi connectivity index (χ1) is 8.13. The average molecular weight is 241 g/mol. The lowest BCUT2D eigenvalue weighted by Crippen LogP contribution is -2.32. The van der Waals surface area contributed by atoms with Gasteiger partial charge in [0.25, 0.3) is 0 Å². The Balaban J connectivity index is 3.81. The van der Waals surface area contributed by atoms with Crippen LogP contribution < -0.4 is 0 Å². The Hall–Kier alpha value is -0.0400. The van der Waals surface area contributed by atoms with E-state index in [4.69, 9.17) is 0 Å². The molecule has 0 saturated heterocycles. The molecule has 0 N–H and O–H groups in total. The zero-order valence-corrected chi connectivity index (χ0v) is 13.0. The van der Waals surface area contributed by atoms with Crippen LogP contribution >= 0.6 is 0 Å². The van der Waals surface area contributed by atoms with Gasteiger partial charge in [0.2, 0.25) is 0 Å². The molecule has 0 bridgehead atoms. The summed E-state index contributed by atoms with van der Waals surface area (Å²) in [4.78, 5) is 2.65. The Labute approximate surface area is 110 Å². The van der Waals surface area contributed by atoms with Crippen molar-refractivity contribution in [1.82, 2.24) is 4.90 Å². The third-order valence-corrected chi connectivity index (χ3v) is 3.69. The molecule has 0 fully saturated rings. The zero-order chi connectivity index (χ0) is 13.1. The van der Waals surface area contributed by atoms with Crippen LogP contribution in [0.15, 0.2) is 0 Å². The summed E-state index contributed by atoms with van der Waals surface area (Å²) in [5.74, 6) is 1.74. The van der Waals surface area contributed by atoms with Gasteiger partial charge in [0.15, 0.2) is 0 Å². The minimum Gasteiger partial charge on any atom is -0.303 e. The van der Waals surface area contributed by atoms with E-state index >= 15 is 0 Å². The van der Waals surface area contributed by atoms with Crippen molar-refractivity contribution in [3.63, 3.8) is 0 Å². The summed E-state index contributed by atoms with van der Waals surface area (Å²) in [6.45, 7) is 15.5. The fourth-order valence-electron chi connectivity index (χ4n) is 2.50. The van der Waals surface area contributed by atoms with E-state index in [1.54, 1.807) is 0 Å². The van der Waals surface area contributed by atoms with E-state index < -0.39 is 0 Å². The predicted octanol–water partition coefficient (Wildman–Crippen LogP) is 4.96. The van der Waals surface area contributed by atoms with Crippen LogP contribution in [0, 0.1) is 11.8 Å². The van der Waals surface area contributed by atoms with Crippen molar-refractivity contribution in [2.45, 2.75) is 73.1 Å². The van der Waals surface area contributed by atoms with Crippen LogP contribution in [0.5, 0.6) is 0 Å². The second-order valence-corrected chi connectivity index (χ2v) is 5.85. The highest BCUT2D eigenvalue weighted by Gasteiger charge is 2.11. The van der Waals surface area contributed by atoms with Gasteiger partial charge >= 0.3 is 0 Å². The zero-order valence-electron chi connectivity index (χ0n) is 13.0. The minimum atomic E-state index is 0.869. The Morgan fingerprint density at radius 1 is 0.765 bits per heavy atom. The van der Waals surface area contributed by atoms with Crippen LogP contribution in [0.1, 0.15) is 73.1 Å². The van der Waals surface area contributed by atoms with Crippen molar-refractivity contribution in [3.8, 4) is 0 Å². The molecule has 2 atom stereocenters. The third-order valence-electron chi connectivity index (χ3n) is 3.69. The minimum absolute atomic E-state index is 0.869. The molecular formula is C16H35N. The molecule has 0 saturated carbocycles. The number of unbranched alkanes of at least 4 members (excludes halogenated alkanes) is 2. The molecule has 0 aromatic carbocycles. The number of hydrogen-bond acceptors (Lipinski definition) is 1. The van der Waals surface area contributed by atoms with E-state index in [1.165, 1.54) is 58.2 Å². The van der Waals surface area contributed by atoms with Crippen LogP contribution in [0.4, 0.5) is 0 Å². The van der Waals surface area contributed by atoms with E-state index in [1.807, 2.05) is 0 Å². The molecule has 0 aromatic rings. The molecule has 1 nitrogen and oxygen atoms in total. The summed E-state index contributed by atoms with van der Waals surface area (Å²) >= 11 is 0. The van der Waals surface area contributed by atoms with Crippen LogP contribution in [0.3, 0.4) is 0 Å². The molecule has 0 spiro atoms. The molecule has 0 aliphatic carbocycles. The van der Waals surface area contributed by atoms with Crippen molar-refractivity contribution in [2.75, 3.05) is 19.6 Å². The monoisotopic (exact) mass is 241 g/mol. The van der Waals surface area contributed by atoms with Gasteiger partial charge in [-0.1, -0.05) is 60.3 Å². The average Bonchev–Trinajstić information content (AvgIpc) is 2.32. The quantitative estimate of drug-likeness (QED) is 0.494. The van der Waals surface area contributed by atoms with E-state index in [9.17, 15) is 0 Å². The lowest BCUT2D eigenvalue weighted by atomic mass is 10.0. The highest BCUT2D eigenvalue weighted by molar-refractivity contribution is 4.65. The fourth-order valence-corrected chi connectivity index (χ4v) is 2.50. The van der Waals surface area contributed by atoms with Gasteiger partial charge in [-0.25, -0.2) is 0 Å². The number of hydrogen-bond donors (Lipinski definition) is 0. The molecule has 0 rings (SSSR count). The summed E-state index contributed by atoms with van der Waals surface area (Å²) in [5.41, 5.74) is 0. The molecule has 104 valence electrons. The Bertz CT molecular complexity index is 140. The van der Waals surface area contributed by atoms with E-state index in [0.29, 0.717) is 0 Å². The largest absolute Gasteiger partial charge is 0.303 e. The molecule has 0 aliphatic heterocycles. The molecule has 0 aromatic heterocycles. The van der Waals surface area contributed by atoms with Crippen LogP contribution in [0.2, 0.25) is 0 Å². The van der Waals surface area contributed by atoms with Crippen molar-refractivity contribution in [2.24, 2.45) is 11.8 Å². The van der Waals surface area contributed by atoms with Crippen LogP contribution in [-0.2, 0) is 0 Å². The van der Waals surface area contributed by atoms with Gasteiger partial charge in [-0.05, 0) is 31.2 Å². The topological polar surface area (TPSA) is 3.24 Å². The third kappa shape index (κ3) is 9.64. The van der Waals surface area contributed by atoms with Crippen molar-refractivity contribution in [1.29, 1.82) is 0 Å². The predicted molar refractivity (Wildman–Crippen MR) is 79.5 cm³/mol. The lowest BCUT2D eigenvalue weighted by Gasteiger charge is -2.27. The highest BCUT2D eigenvalue weighted by atomic mass is 15.1. The second kappa shape index (κ2) is 11.1. The maximum atomic E-state index is 2.65. The van der Waals surface area contributed by atoms with Crippen LogP contribution in [0.25, 0.3) is 0 Å². The van der Waals surface area contributed by atoms with E-state index in [0.717, 1.165) is 11.8 Å². The van der Waals surface area contributed by atoms with Gasteiger partial charge < -0.3 is 4.90 Å². The molecule has 0 aliphatic rings. The van der Waals surface area contributed by atoms with Gasteiger partial charge in [-0.2, -0.15) is 0 Å². The van der Waals surface area contributed by atoms with E-state index in [2.05, 4.69) is 39.5 Å².